The van der Waals surface area contributed by atoms with Gasteiger partial charge in [-0.25, -0.2) is 15.0 Å². The lowest BCUT2D eigenvalue weighted by atomic mass is 9.74. The molecule has 7 heteroatoms. The van der Waals surface area contributed by atoms with Crippen molar-refractivity contribution in [2.75, 3.05) is 24.6 Å². The Bertz CT molecular complexity index is 1400. The molecule has 1 saturated heterocycles. The normalized spacial score (nSPS) is 24.1. The molecular weight excluding hydrogens is 434 g/mol. The third kappa shape index (κ3) is 3.26. The highest BCUT2D eigenvalue weighted by Gasteiger charge is 2.56. The van der Waals surface area contributed by atoms with Gasteiger partial charge in [0.2, 0.25) is 12.0 Å². The van der Waals surface area contributed by atoms with Crippen molar-refractivity contribution in [3.05, 3.63) is 79.0 Å². The summed E-state index contributed by atoms with van der Waals surface area (Å²) in [4.78, 5) is 21.2. The van der Waals surface area contributed by atoms with Gasteiger partial charge in [0.1, 0.15) is 5.54 Å². The van der Waals surface area contributed by atoms with Crippen LogP contribution in [-0.4, -0.2) is 57.2 Å². The zero-order valence-corrected chi connectivity index (χ0v) is 19.7. The first kappa shape index (κ1) is 20.7. The van der Waals surface area contributed by atoms with Gasteiger partial charge < -0.3 is 4.90 Å². The van der Waals surface area contributed by atoms with E-state index in [0.717, 1.165) is 53.1 Å². The average Bonchev–Trinajstić information content (AvgIpc) is 3.29. The Balaban J connectivity index is 1.38. The highest BCUT2D eigenvalue weighted by molar-refractivity contribution is 5.86. The summed E-state index contributed by atoms with van der Waals surface area (Å²) in [5, 5.41) is 3.70. The molecule has 0 amide bonds. The fourth-order valence-electron chi connectivity index (χ4n) is 5.80. The summed E-state index contributed by atoms with van der Waals surface area (Å²) >= 11 is 0. The predicted octanol–water partition coefficient (Wildman–Crippen LogP) is 4.90. The minimum absolute atomic E-state index is 0.0255. The maximum atomic E-state index is 5.03. The van der Waals surface area contributed by atoms with Gasteiger partial charge in [-0.05, 0) is 69.1 Å². The molecule has 0 radical (unpaired) electrons. The quantitative estimate of drug-likeness (QED) is 0.489. The fraction of sp³-hybridized carbons (Fsp3) is 0.286. The van der Waals surface area contributed by atoms with Crippen LogP contribution in [0.1, 0.15) is 25.7 Å². The summed E-state index contributed by atoms with van der Waals surface area (Å²) in [7, 11) is 0. The van der Waals surface area contributed by atoms with Crippen LogP contribution in [0.25, 0.3) is 22.3 Å². The minimum Gasteiger partial charge on any atom is -0.301 e. The van der Waals surface area contributed by atoms with Gasteiger partial charge in [0.05, 0.1) is 41.2 Å². The van der Waals surface area contributed by atoms with Crippen molar-refractivity contribution in [2.45, 2.75) is 31.2 Å². The second-order valence-electron chi connectivity index (χ2n) is 9.94. The largest absolute Gasteiger partial charge is 0.301 e. The number of anilines is 1. The van der Waals surface area contributed by atoms with E-state index >= 15 is 0 Å². The van der Waals surface area contributed by atoms with Crippen molar-refractivity contribution < 1.29 is 4.59 Å². The lowest BCUT2D eigenvalue weighted by Gasteiger charge is -2.57. The van der Waals surface area contributed by atoms with Gasteiger partial charge in [0.25, 0.3) is 0 Å². The Kier molecular flexibility index (Phi) is 4.69. The number of aromatic nitrogens is 2. The number of hydrogen-bond acceptors (Lipinski definition) is 6. The lowest BCUT2D eigenvalue weighted by molar-refractivity contribution is -0.751. The number of hydrogen-bond donors (Lipinski definition) is 0. The lowest BCUT2D eigenvalue weighted by Crippen LogP contribution is -2.71. The highest BCUT2D eigenvalue weighted by Crippen LogP contribution is 2.47. The molecule has 3 aliphatic heterocycles. The molecule has 1 unspecified atom stereocenters. The Morgan fingerprint density at radius 3 is 2.66 bits per heavy atom. The van der Waals surface area contributed by atoms with E-state index in [-0.39, 0.29) is 5.54 Å². The molecule has 1 saturated carbocycles. The van der Waals surface area contributed by atoms with Crippen LogP contribution in [0.5, 0.6) is 0 Å². The van der Waals surface area contributed by atoms with Crippen LogP contribution in [0.15, 0.2) is 89.0 Å². The SMILES string of the molecule is C1=C[N+]2(N(c3ccc4ccc(-c5ccccn5)nc4c3)C3(CN4CCC4)CCC3)C=NC=C2C=N1. The Morgan fingerprint density at radius 2 is 1.89 bits per heavy atom. The van der Waals surface area contributed by atoms with Crippen LogP contribution in [0.2, 0.25) is 0 Å². The van der Waals surface area contributed by atoms with Crippen LogP contribution in [0, 0.1) is 0 Å². The van der Waals surface area contributed by atoms with Crippen molar-refractivity contribution in [2.24, 2.45) is 9.98 Å². The molecule has 0 spiro atoms. The second-order valence-corrected chi connectivity index (χ2v) is 9.94. The molecule has 0 bridgehead atoms. The van der Waals surface area contributed by atoms with Crippen molar-refractivity contribution >= 4 is 29.1 Å². The van der Waals surface area contributed by atoms with E-state index in [2.05, 4.69) is 61.4 Å². The van der Waals surface area contributed by atoms with Gasteiger partial charge in [0, 0.05) is 18.1 Å². The number of pyridine rings is 2. The van der Waals surface area contributed by atoms with E-state index in [1.807, 2.05) is 49.3 Å². The Morgan fingerprint density at radius 1 is 0.971 bits per heavy atom. The number of rotatable bonds is 6. The van der Waals surface area contributed by atoms with Crippen LogP contribution >= 0.6 is 0 Å². The summed E-state index contributed by atoms with van der Waals surface area (Å²) in [6.07, 6.45) is 16.6. The number of fused-ring (bicyclic) bond motifs is 2. The third-order valence-corrected chi connectivity index (χ3v) is 7.83. The number of allylic oxidation sites excluding steroid dienone is 1. The summed E-state index contributed by atoms with van der Waals surface area (Å²) in [5.74, 6) is 0. The first-order valence-electron chi connectivity index (χ1n) is 12.5. The monoisotopic (exact) mass is 462 g/mol. The molecule has 0 N–H and O–H groups in total. The summed E-state index contributed by atoms with van der Waals surface area (Å²) in [6.45, 7) is 3.45. The smallest absolute Gasteiger partial charge is 0.225 e. The predicted molar refractivity (Wildman–Crippen MR) is 140 cm³/mol. The first-order valence-corrected chi connectivity index (χ1v) is 12.5. The van der Waals surface area contributed by atoms with Crippen LogP contribution in [0.3, 0.4) is 0 Å². The van der Waals surface area contributed by atoms with Crippen molar-refractivity contribution in [1.29, 1.82) is 0 Å². The molecule has 35 heavy (non-hydrogen) atoms. The molecule has 7 nitrogen and oxygen atoms in total. The van der Waals surface area contributed by atoms with E-state index in [1.54, 1.807) is 0 Å². The minimum atomic E-state index is 0.0255. The van der Waals surface area contributed by atoms with Gasteiger partial charge in [-0.1, -0.05) is 18.2 Å². The summed E-state index contributed by atoms with van der Waals surface area (Å²) < 4.78 is 0.447. The molecular formula is C28H28N7+. The number of likely N-dealkylation sites (tertiary alicyclic amines) is 1. The maximum absolute atomic E-state index is 5.03. The van der Waals surface area contributed by atoms with Crippen LogP contribution in [-0.2, 0) is 0 Å². The number of quaternary nitrogens is 1. The zero-order valence-electron chi connectivity index (χ0n) is 19.7. The van der Waals surface area contributed by atoms with E-state index in [4.69, 9.17) is 4.98 Å². The van der Waals surface area contributed by atoms with Crippen LogP contribution < -0.4 is 5.01 Å². The molecule has 1 atom stereocenters. The topological polar surface area (TPSA) is 57.0 Å². The van der Waals surface area contributed by atoms with E-state index in [1.165, 1.54) is 25.9 Å². The molecule has 5 heterocycles. The molecule has 3 aromatic rings. The molecule has 2 aromatic heterocycles. The third-order valence-electron chi connectivity index (χ3n) is 7.83. The van der Waals surface area contributed by atoms with Crippen LogP contribution in [0.4, 0.5) is 5.69 Å². The molecule has 174 valence electrons. The van der Waals surface area contributed by atoms with E-state index in [0.29, 0.717) is 4.59 Å². The number of benzene rings is 1. The summed E-state index contributed by atoms with van der Waals surface area (Å²) in [5.41, 5.74) is 5.00. The van der Waals surface area contributed by atoms with Gasteiger partial charge in [0.15, 0.2) is 6.20 Å². The zero-order chi connectivity index (χ0) is 23.3. The van der Waals surface area contributed by atoms with Crippen molar-refractivity contribution in [1.82, 2.24) is 14.9 Å². The van der Waals surface area contributed by atoms with Crippen molar-refractivity contribution in [3.63, 3.8) is 0 Å². The van der Waals surface area contributed by atoms with E-state index in [9.17, 15) is 0 Å². The molecule has 2 fully saturated rings. The average molecular weight is 463 g/mol. The highest BCUT2D eigenvalue weighted by atomic mass is 15.8. The molecule has 1 aliphatic carbocycles. The summed E-state index contributed by atoms with van der Waals surface area (Å²) in [6, 6.07) is 16.8. The number of aliphatic imine (C=N–C) groups is 2. The standard InChI is InChI=1S/C28H28N7/c1-2-12-31-25(5-1)26-9-7-22-6-8-23(17-27(22)32-26)34(28(10-3-11-28)20-33-14-4-15-33)35-16-13-29-18-24(35)19-30-21-35/h1-2,5-9,12-13,16-19,21H,3-4,10-11,14-15,20H2/q+1. The second kappa shape index (κ2) is 7.93. The van der Waals surface area contributed by atoms with Gasteiger partial charge >= 0.3 is 0 Å². The Hall–Kier alpha value is -3.68. The molecule has 7 rings (SSSR count). The first-order chi connectivity index (χ1) is 17.3. The Labute approximate surface area is 205 Å². The molecule has 4 aliphatic rings. The maximum Gasteiger partial charge on any atom is 0.225 e. The van der Waals surface area contributed by atoms with Crippen molar-refractivity contribution in [3.8, 4) is 11.4 Å². The van der Waals surface area contributed by atoms with Gasteiger partial charge in [-0.3, -0.25) is 9.98 Å². The van der Waals surface area contributed by atoms with Gasteiger partial charge in [-0.2, -0.15) is 0 Å². The molecule has 1 aromatic carbocycles. The van der Waals surface area contributed by atoms with Gasteiger partial charge in [-0.15, -0.1) is 4.59 Å². The fourth-order valence-corrected chi connectivity index (χ4v) is 5.80. The number of nitrogens with zero attached hydrogens (tertiary/aromatic N) is 7. The van der Waals surface area contributed by atoms with E-state index < -0.39 is 0 Å².